The highest BCUT2D eigenvalue weighted by atomic mass is 32.2. The van der Waals surface area contributed by atoms with Crippen LogP contribution in [0.15, 0.2) is 82.7 Å². The number of hydrogen-bond acceptors (Lipinski definition) is 6. The zero-order chi connectivity index (χ0) is 25.1. The molecule has 1 amide bonds. The number of anilines is 1. The van der Waals surface area contributed by atoms with E-state index in [1.165, 1.54) is 16.3 Å². The van der Waals surface area contributed by atoms with Crippen molar-refractivity contribution in [2.75, 3.05) is 24.8 Å². The van der Waals surface area contributed by atoms with Crippen molar-refractivity contribution in [1.82, 2.24) is 14.5 Å². The Hall–Kier alpha value is -4.24. The van der Waals surface area contributed by atoms with Crippen molar-refractivity contribution in [3.05, 3.63) is 83.2 Å². The number of para-hydroxylation sites is 5. The quantitative estimate of drug-likeness (QED) is 0.230. The van der Waals surface area contributed by atoms with Gasteiger partial charge in [-0.05, 0) is 37.3 Å². The highest BCUT2D eigenvalue weighted by molar-refractivity contribution is 7.99. The maximum Gasteiger partial charge on any atom is 0.283 e. The lowest BCUT2D eigenvalue weighted by Gasteiger charge is -2.15. The minimum Gasteiger partial charge on any atom is -0.495 e. The molecule has 0 aliphatic carbocycles. The van der Waals surface area contributed by atoms with Gasteiger partial charge in [-0.15, -0.1) is 0 Å². The minimum atomic E-state index is -0.273. The van der Waals surface area contributed by atoms with Crippen molar-refractivity contribution >= 4 is 45.3 Å². The first-order valence-electron chi connectivity index (χ1n) is 11.4. The fourth-order valence-corrected chi connectivity index (χ4v) is 4.83. The van der Waals surface area contributed by atoms with Crippen LogP contribution in [0.5, 0.6) is 11.5 Å². The van der Waals surface area contributed by atoms with Crippen molar-refractivity contribution in [2.24, 2.45) is 0 Å². The molecular weight excluding hydrogens is 476 g/mol. The van der Waals surface area contributed by atoms with E-state index in [2.05, 4.69) is 10.3 Å². The molecule has 36 heavy (non-hydrogen) atoms. The first kappa shape index (κ1) is 23.5. The van der Waals surface area contributed by atoms with Crippen LogP contribution in [0, 0.1) is 0 Å². The Kier molecular flexibility index (Phi) is 6.64. The minimum absolute atomic E-state index is 0.0376. The van der Waals surface area contributed by atoms with Crippen molar-refractivity contribution in [2.45, 2.75) is 12.1 Å². The number of H-pyrrole nitrogens is 1. The van der Waals surface area contributed by atoms with E-state index in [9.17, 15) is 9.59 Å². The van der Waals surface area contributed by atoms with Gasteiger partial charge in [-0.1, -0.05) is 54.2 Å². The number of ether oxygens (including phenoxy) is 2. The molecule has 5 aromatic rings. The molecule has 3 aromatic carbocycles. The van der Waals surface area contributed by atoms with Gasteiger partial charge in [0.05, 0.1) is 30.8 Å². The Morgan fingerprint density at radius 1 is 1.03 bits per heavy atom. The molecule has 8 nitrogen and oxygen atoms in total. The average molecular weight is 501 g/mol. The standard InChI is InChI=1S/C27H24N4O4S/c1-3-35-21-14-8-6-12-19(21)28-23(32)16-36-27-30-24-17-10-4-5-11-18(17)29-25(24)26(33)31(27)20-13-7-9-15-22(20)34-2/h4-15,29H,3,16H2,1-2H3,(H,28,32). The SMILES string of the molecule is CCOc1ccccc1NC(=O)CSc1nc2c([nH]c3ccccc32)c(=O)n1-c1ccccc1OC. The summed E-state index contributed by atoms with van der Waals surface area (Å²) in [6.45, 7) is 2.37. The van der Waals surface area contributed by atoms with Crippen LogP contribution in [0.4, 0.5) is 5.69 Å². The summed E-state index contributed by atoms with van der Waals surface area (Å²) >= 11 is 1.18. The number of hydrogen-bond donors (Lipinski definition) is 2. The Morgan fingerprint density at radius 2 is 1.75 bits per heavy atom. The molecule has 0 saturated heterocycles. The number of methoxy groups -OCH3 is 1. The molecule has 0 unspecified atom stereocenters. The number of nitrogens with zero attached hydrogens (tertiary/aromatic N) is 2. The summed E-state index contributed by atoms with van der Waals surface area (Å²) in [5.74, 6) is 0.916. The second-order valence-corrected chi connectivity index (χ2v) is 8.81. The fourth-order valence-electron chi connectivity index (χ4n) is 4.03. The summed E-state index contributed by atoms with van der Waals surface area (Å²) in [4.78, 5) is 34.7. The third-order valence-electron chi connectivity index (χ3n) is 5.61. The van der Waals surface area contributed by atoms with Gasteiger partial charge in [-0.3, -0.25) is 9.59 Å². The smallest absolute Gasteiger partial charge is 0.283 e. The van der Waals surface area contributed by atoms with Gasteiger partial charge in [0.1, 0.15) is 22.5 Å². The summed E-state index contributed by atoms with van der Waals surface area (Å²) in [6, 6.07) is 22.1. The average Bonchev–Trinajstić information content (AvgIpc) is 3.28. The molecule has 2 N–H and O–H groups in total. The summed E-state index contributed by atoms with van der Waals surface area (Å²) in [7, 11) is 1.55. The van der Waals surface area contributed by atoms with Gasteiger partial charge in [-0.2, -0.15) is 0 Å². The first-order chi connectivity index (χ1) is 17.6. The maximum atomic E-state index is 13.7. The van der Waals surface area contributed by atoms with Gasteiger partial charge in [0.2, 0.25) is 5.91 Å². The van der Waals surface area contributed by atoms with Crippen LogP contribution in [-0.4, -0.2) is 39.9 Å². The van der Waals surface area contributed by atoms with E-state index in [-0.39, 0.29) is 17.2 Å². The molecule has 0 bridgehead atoms. The van der Waals surface area contributed by atoms with Crippen LogP contribution < -0.4 is 20.3 Å². The van der Waals surface area contributed by atoms with Gasteiger partial charge in [0, 0.05) is 10.9 Å². The Bertz CT molecular complexity index is 1630. The summed E-state index contributed by atoms with van der Waals surface area (Å²) in [6.07, 6.45) is 0. The molecule has 2 aromatic heterocycles. The van der Waals surface area contributed by atoms with E-state index < -0.39 is 0 Å². The predicted octanol–water partition coefficient (Wildman–Crippen LogP) is 5.01. The number of fused-ring (bicyclic) bond motifs is 3. The number of aromatic nitrogens is 3. The van der Waals surface area contributed by atoms with E-state index >= 15 is 0 Å². The highest BCUT2D eigenvalue weighted by Crippen LogP contribution is 2.30. The molecule has 0 atom stereocenters. The number of nitrogens with one attached hydrogen (secondary N) is 2. The molecule has 0 fully saturated rings. The van der Waals surface area contributed by atoms with Gasteiger partial charge >= 0.3 is 0 Å². The molecule has 9 heteroatoms. The largest absolute Gasteiger partial charge is 0.495 e. The Labute approximate surface area is 211 Å². The second kappa shape index (κ2) is 10.2. The third-order valence-corrected chi connectivity index (χ3v) is 6.55. The number of carbonyl (C=O) groups excluding carboxylic acids is 1. The fraction of sp³-hybridized carbons (Fsp3) is 0.148. The Morgan fingerprint density at radius 3 is 2.56 bits per heavy atom. The van der Waals surface area contributed by atoms with Crippen molar-refractivity contribution < 1.29 is 14.3 Å². The number of thioether (sulfide) groups is 1. The van der Waals surface area contributed by atoms with Gasteiger partial charge in [0.15, 0.2) is 5.16 Å². The molecule has 0 saturated carbocycles. The van der Waals surface area contributed by atoms with Crippen molar-refractivity contribution in [1.29, 1.82) is 0 Å². The lowest BCUT2D eigenvalue weighted by molar-refractivity contribution is -0.113. The lowest BCUT2D eigenvalue weighted by Crippen LogP contribution is -2.23. The topological polar surface area (TPSA) is 98.2 Å². The summed E-state index contributed by atoms with van der Waals surface area (Å²) < 4.78 is 12.6. The maximum absolute atomic E-state index is 13.7. The van der Waals surface area contributed by atoms with E-state index in [1.807, 2.05) is 55.5 Å². The van der Waals surface area contributed by atoms with Gasteiger partial charge < -0.3 is 19.8 Å². The number of aromatic amines is 1. The van der Waals surface area contributed by atoms with E-state index in [0.29, 0.717) is 45.7 Å². The molecule has 0 aliphatic heterocycles. The molecule has 2 heterocycles. The van der Waals surface area contributed by atoms with Crippen molar-refractivity contribution in [3.63, 3.8) is 0 Å². The predicted molar refractivity (Wildman–Crippen MR) is 143 cm³/mol. The van der Waals surface area contributed by atoms with Crippen LogP contribution in [0.2, 0.25) is 0 Å². The molecule has 0 radical (unpaired) electrons. The van der Waals surface area contributed by atoms with Gasteiger partial charge in [0.25, 0.3) is 5.56 Å². The number of benzene rings is 3. The first-order valence-corrected chi connectivity index (χ1v) is 12.4. The molecule has 0 spiro atoms. The highest BCUT2D eigenvalue weighted by Gasteiger charge is 2.20. The van der Waals surface area contributed by atoms with Crippen LogP contribution in [0.1, 0.15) is 6.92 Å². The third kappa shape index (κ3) is 4.40. The van der Waals surface area contributed by atoms with E-state index in [0.717, 1.165) is 10.9 Å². The summed E-state index contributed by atoms with van der Waals surface area (Å²) in [5.41, 5.74) is 2.63. The van der Waals surface area contributed by atoms with E-state index in [1.54, 1.807) is 31.4 Å². The zero-order valence-electron chi connectivity index (χ0n) is 19.8. The molecule has 5 rings (SSSR count). The van der Waals surface area contributed by atoms with Gasteiger partial charge in [-0.25, -0.2) is 9.55 Å². The monoisotopic (exact) mass is 500 g/mol. The summed E-state index contributed by atoms with van der Waals surface area (Å²) in [5, 5.41) is 4.12. The van der Waals surface area contributed by atoms with Crippen LogP contribution >= 0.6 is 11.8 Å². The molecule has 182 valence electrons. The lowest BCUT2D eigenvalue weighted by atomic mass is 10.2. The number of carbonyl (C=O) groups is 1. The van der Waals surface area contributed by atoms with Crippen LogP contribution in [0.25, 0.3) is 27.6 Å². The van der Waals surface area contributed by atoms with Crippen LogP contribution in [0.3, 0.4) is 0 Å². The van der Waals surface area contributed by atoms with Crippen molar-refractivity contribution in [3.8, 4) is 17.2 Å². The number of amides is 1. The normalized spacial score (nSPS) is 11.1. The molecular formula is C27H24N4O4S. The Balaban J connectivity index is 1.55. The molecule has 0 aliphatic rings. The van der Waals surface area contributed by atoms with E-state index in [4.69, 9.17) is 14.5 Å². The van der Waals surface area contributed by atoms with Crippen LogP contribution in [-0.2, 0) is 4.79 Å². The second-order valence-electron chi connectivity index (χ2n) is 7.87. The number of rotatable bonds is 8. The zero-order valence-corrected chi connectivity index (χ0v) is 20.6.